The van der Waals surface area contributed by atoms with Gasteiger partial charge in [0.2, 0.25) is 0 Å². The maximum absolute atomic E-state index is 13.0. The van der Waals surface area contributed by atoms with Crippen LogP contribution >= 0.6 is 0 Å². The van der Waals surface area contributed by atoms with Crippen LogP contribution in [0.2, 0.25) is 0 Å². The highest BCUT2D eigenvalue weighted by Gasteiger charge is 2.23. The maximum atomic E-state index is 13.0. The molecule has 1 aliphatic rings. The molecular formula is C21H21N3O4. The van der Waals surface area contributed by atoms with Crippen molar-refractivity contribution in [1.29, 1.82) is 0 Å². The van der Waals surface area contributed by atoms with Crippen LogP contribution < -0.4 is 20.3 Å². The van der Waals surface area contributed by atoms with E-state index >= 15 is 0 Å². The summed E-state index contributed by atoms with van der Waals surface area (Å²) in [4.78, 5) is 25.0. The van der Waals surface area contributed by atoms with Crippen molar-refractivity contribution in [1.82, 2.24) is 15.5 Å². The Morgan fingerprint density at radius 2 is 1.79 bits per heavy atom. The fourth-order valence-corrected chi connectivity index (χ4v) is 3.39. The van der Waals surface area contributed by atoms with Gasteiger partial charge in [0, 0.05) is 5.39 Å². The summed E-state index contributed by atoms with van der Waals surface area (Å²) >= 11 is 0. The highest BCUT2D eigenvalue weighted by molar-refractivity contribution is 6.04. The zero-order valence-corrected chi connectivity index (χ0v) is 15.7. The molecule has 7 heteroatoms. The van der Waals surface area contributed by atoms with Gasteiger partial charge >= 0.3 is 0 Å². The van der Waals surface area contributed by atoms with Crippen molar-refractivity contribution in [2.45, 2.75) is 19.9 Å². The minimum absolute atomic E-state index is 0.125. The van der Waals surface area contributed by atoms with Gasteiger partial charge in [-0.05, 0) is 29.7 Å². The minimum Gasteiger partial charge on any atom is -0.486 e. The number of hydrogen-bond donors (Lipinski definition) is 2. The molecule has 28 heavy (non-hydrogen) atoms. The fourth-order valence-electron chi connectivity index (χ4n) is 3.39. The van der Waals surface area contributed by atoms with Crippen LogP contribution in [0.4, 0.5) is 0 Å². The van der Waals surface area contributed by atoms with Crippen LogP contribution in [0.3, 0.4) is 0 Å². The zero-order valence-electron chi connectivity index (χ0n) is 15.7. The van der Waals surface area contributed by atoms with Gasteiger partial charge in [0.1, 0.15) is 13.2 Å². The lowest BCUT2D eigenvalue weighted by Crippen LogP contribution is -2.33. The second-order valence-electron chi connectivity index (χ2n) is 7.05. The van der Waals surface area contributed by atoms with Crippen molar-refractivity contribution in [2.24, 2.45) is 5.92 Å². The van der Waals surface area contributed by atoms with E-state index in [4.69, 9.17) is 9.47 Å². The van der Waals surface area contributed by atoms with Crippen LogP contribution in [0.15, 0.2) is 47.3 Å². The van der Waals surface area contributed by atoms with E-state index in [9.17, 15) is 9.59 Å². The number of aromatic amines is 1. The van der Waals surface area contributed by atoms with Crippen LogP contribution in [0, 0.1) is 5.92 Å². The Morgan fingerprint density at radius 3 is 2.54 bits per heavy atom. The molecule has 144 valence electrons. The lowest BCUT2D eigenvalue weighted by Gasteiger charge is -2.25. The number of aromatic nitrogens is 2. The van der Waals surface area contributed by atoms with Gasteiger partial charge in [-0.15, -0.1) is 0 Å². The van der Waals surface area contributed by atoms with Crippen LogP contribution in [0.1, 0.15) is 35.9 Å². The molecule has 1 amide bonds. The third-order valence-corrected chi connectivity index (χ3v) is 4.79. The van der Waals surface area contributed by atoms with E-state index in [2.05, 4.69) is 15.5 Å². The fraction of sp³-hybridized carbons (Fsp3) is 0.286. The van der Waals surface area contributed by atoms with Crippen LogP contribution in [-0.4, -0.2) is 29.3 Å². The van der Waals surface area contributed by atoms with Gasteiger partial charge in [0.25, 0.3) is 11.5 Å². The monoisotopic (exact) mass is 379 g/mol. The van der Waals surface area contributed by atoms with E-state index in [1.807, 2.05) is 32.0 Å². The summed E-state index contributed by atoms with van der Waals surface area (Å²) in [5, 5.41) is 10.4. The Bertz CT molecular complexity index is 1090. The average Bonchev–Trinajstić information content (AvgIpc) is 2.72. The molecule has 0 fully saturated rings. The van der Waals surface area contributed by atoms with E-state index in [0.717, 1.165) is 5.56 Å². The quantitative estimate of drug-likeness (QED) is 0.727. The summed E-state index contributed by atoms with van der Waals surface area (Å²) in [5.74, 6) is 1.16. The molecule has 3 aromatic rings. The molecular weight excluding hydrogens is 358 g/mol. The van der Waals surface area contributed by atoms with E-state index in [1.165, 1.54) is 0 Å². The lowest BCUT2D eigenvalue weighted by molar-refractivity contribution is 0.0921. The number of ether oxygens (including phenoxy) is 2. The largest absolute Gasteiger partial charge is 0.486 e. The number of carbonyl (C=O) groups excluding carboxylic acids is 1. The van der Waals surface area contributed by atoms with Crippen molar-refractivity contribution in [2.75, 3.05) is 13.2 Å². The molecule has 2 aromatic carbocycles. The summed E-state index contributed by atoms with van der Waals surface area (Å²) in [5.41, 5.74) is 0.791. The Morgan fingerprint density at radius 1 is 1.07 bits per heavy atom. The van der Waals surface area contributed by atoms with Crippen molar-refractivity contribution >= 4 is 16.7 Å². The first kappa shape index (κ1) is 18.0. The van der Waals surface area contributed by atoms with Gasteiger partial charge in [0.05, 0.1) is 11.4 Å². The summed E-state index contributed by atoms with van der Waals surface area (Å²) in [6.45, 7) is 5.09. The molecule has 2 heterocycles. The number of benzene rings is 2. The Hall–Kier alpha value is -3.35. The Labute approximate surface area is 161 Å². The Kier molecular flexibility index (Phi) is 4.73. The summed E-state index contributed by atoms with van der Waals surface area (Å²) < 4.78 is 11.2. The second kappa shape index (κ2) is 7.34. The molecule has 1 aliphatic heterocycles. The number of amides is 1. The molecule has 7 nitrogen and oxygen atoms in total. The normalized spacial score (nSPS) is 14.1. The minimum atomic E-state index is -0.346. The van der Waals surface area contributed by atoms with Crippen LogP contribution in [-0.2, 0) is 0 Å². The smallest absolute Gasteiger partial charge is 0.272 e. The highest BCUT2D eigenvalue weighted by atomic mass is 16.6. The lowest BCUT2D eigenvalue weighted by atomic mass is 9.95. The number of fused-ring (bicyclic) bond motifs is 2. The van der Waals surface area contributed by atoms with Gasteiger partial charge in [-0.25, -0.2) is 5.10 Å². The van der Waals surface area contributed by atoms with E-state index in [-0.39, 0.29) is 29.1 Å². The van der Waals surface area contributed by atoms with Crippen molar-refractivity contribution < 1.29 is 14.3 Å². The predicted molar refractivity (Wildman–Crippen MR) is 105 cm³/mol. The zero-order chi connectivity index (χ0) is 19.7. The molecule has 0 saturated carbocycles. The molecule has 0 unspecified atom stereocenters. The molecule has 0 spiro atoms. The molecule has 4 rings (SSSR count). The van der Waals surface area contributed by atoms with Gasteiger partial charge < -0.3 is 14.8 Å². The third-order valence-electron chi connectivity index (χ3n) is 4.79. The van der Waals surface area contributed by atoms with Gasteiger partial charge in [-0.2, -0.15) is 5.10 Å². The number of nitrogens with one attached hydrogen (secondary N) is 2. The number of H-pyrrole nitrogens is 1. The Balaban J connectivity index is 1.67. The third kappa shape index (κ3) is 3.31. The SMILES string of the molecule is CC(C)[C@@H](NC(=O)c1n[nH]c(=O)c2ccccc12)c1ccc2c(c1)OCCO2. The van der Waals surface area contributed by atoms with E-state index in [0.29, 0.717) is 35.5 Å². The number of rotatable bonds is 4. The maximum Gasteiger partial charge on any atom is 0.272 e. The van der Waals surface area contributed by atoms with Crippen molar-refractivity contribution in [3.8, 4) is 11.5 Å². The van der Waals surface area contributed by atoms with Crippen molar-refractivity contribution in [3.63, 3.8) is 0 Å². The van der Waals surface area contributed by atoms with Gasteiger partial charge in [0.15, 0.2) is 17.2 Å². The first-order valence-corrected chi connectivity index (χ1v) is 9.22. The number of hydrogen-bond acceptors (Lipinski definition) is 5. The van der Waals surface area contributed by atoms with E-state index < -0.39 is 0 Å². The topological polar surface area (TPSA) is 93.3 Å². The molecule has 0 aliphatic carbocycles. The molecule has 0 saturated heterocycles. The van der Waals surface area contributed by atoms with Crippen molar-refractivity contribution in [3.05, 3.63) is 64.1 Å². The molecule has 1 aromatic heterocycles. The second-order valence-corrected chi connectivity index (χ2v) is 7.05. The highest BCUT2D eigenvalue weighted by Crippen LogP contribution is 2.34. The number of carbonyl (C=O) groups is 1. The first-order valence-electron chi connectivity index (χ1n) is 9.22. The molecule has 1 atom stereocenters. The van der Waals surface area contributed by atoms with Crippen LogP contribution in [0.25, 0.3) is 10.8 Å². The predicted octanol–water partition coefficient (Wildman–Crippen LogP) is 2.82. The molecule has 0 bridgehead atoms. The standard InChI is InChI=1S/C21H21N3O4/c1-12(2)18(13-7-8-16-17(11-13)28-10-9-27-16)22-21(26)19-14-5-3-4-6-15(14)20(25)24-23-19/h3-8,11-12,18H,9-10H2,1-2H3,(H,22,26)(H,24,25)/t18-/m1/s1. The summed E-state index contributed by atoms with van der Waals surface area (Å²) in [6, 6.07) is 12.4. The number of nitrogens with zero attached hydrogens (tertiary/aromatic N) is 1. The average molecular weight is 379 g/mol. The summed E-state index contributed by atoms with van der Waals surface area (Å²) in [7, 11) is 0. The van der Waals surface area contributed by atoms with E-state index in [1.54, 1.807) is 24.3 Å². The van der Waals surface area contributed by atoms with Crippen LogP contribution in [0.5, 0.6) is 11.5 Å². The first-order chi connectivity index (χ1) is 13.5. The van der Waals surface area contributed by atoms with Gasteiger partial charge in [-0.3, -0.25) is 9.59 Å². The van der Waals surface area contributed by atoms with Gasteiger partial charge in [-0.1, -0.05) is 38.1 Å². The molecule has 0 radical (unpaired) electrons. The molecule has 2 N–H and O–H groups in total. The summed E-state index contributed by atoms with van der Waals surface area (Å²) in [6.07, 6.45) is 0.